The molecule has 1 unspecified atom stereocenters. The summed E-state index contributed by atoms with van der Waals surface area (Å²) in [6, 6.07) is 19.0. The fraction of sp³-hybridized carbons (Fsp3) is 0.125. The zero-order chi connectivity index (χ0) is 21.1. The van der Waals surface area contributed by atoms with E-state index in [1.807, 2.05) is 48.5 Å². The van der Waals surface area contributed by atoms with Crippen molar-refractivity contribution in [2.75, 3.05) is 7.11 Å². The SMILES string of the molecule is COc1ccccc1CN1C(=O)C(=O)/C(=C(/O)c2ccncc2)C1c1ccccc1. The van der Waals surface area contributed by atoms with E-state index in [2.05, 4.69) is 4.98 Å². The first-order valence-corrected chi connectivity index (χ1v) is 9.47. The fourth-order valence-corrected chi connectivity index (χ4v) is 3.71. The van der Waals surface area contributed by atoms with Gasteiger partial charge in [0.1, 0.15) is 11.5 Å². The maximum Gasteiger partial charge on any atom is 0.295 e. The molecule has 0 spiro atoms. The molecular formula is C24H20N2O4. The molecule has 3 aromatic rings. The number of ketones is 1. The van der Waals surface area contributed by atoms with Crippen molar-refractivity contribution < 1.29 is 19.4 Å². The number of carbonyl (C=O) groups excluding carboxylic acids is 2. The number of aliphatic hydroxyl groups excluding tert-OH is 1. The quantitative estimate of drug-likeness (QED) is 0.401. The smallest absolute Gasteiger partial charge is 0.295 e. The van der Waals surface area contributed by atoms with E-state index in [9.17, 15) is 14.7 Å². The molecule has 0 saturated carbocycles. The van der Waals surface area contributed by atoms with Gasteiger partial charge >= 0.3 is 0 Å². The topological polar surface area (TPSA) is 79.7 Å². The number of ether oxygens (including phenoxy) is 1. The molecule has 150 valence electrons. The molecule has 1 aliphatic heterocycles. The van der Waals surface area contributed by atoms with Crippen molar-refractivity contribution in [1.29, 1.82) is 0 Å². The largest absolute Gasteiger partial charge is 0.507 e. The Morgan fingerprint density at radius 1 is 1.00 bits per heavy atom. The Labute approximate surface area is 174 Å². The third kappa shape index (κ3) is 3.43. The van der Waals surface area contributed by atoms with Crippen LogP contribution < -0.4 is 4.74 Å². The summed E-state index contributed by atoms with van der Waals surface area (Å²) in [4.78, 5) is 31.4. The number of amides is 1. The number of rotatable bonds is 5. The van der Waals surface area contributed by atoms with E-state index in [1.54, 1.807) is 25.3 Å². The third-order valence-electron chi connectivity index (χ3n) is 5.14. The highest BCUT2D eigenvalue weighted by Crippen LogP contribution is 2.40. The molecule has 1 fully saturated rings. The van der Waals surface area contributed by atoms with Gasteiger partial charge in [0.25, 0.3) is 11.7 Å². The number of pyridine rings is 1. The molecular weight excluding hydrogens is 380 g/mol. The van der Waals surface area contributed by atoms with Gasteiger partial charge in [0, 0.05) is 23.5 Å². The summed E-state index contributed by atoms with van der Waals surface area (Å²) in [5, 5.41) is 11.0. The van der Waals surface area contributed by atoms with Crippen LogP contribution in [0.2, 0.25) is 0 Å². The van der Waals surface area contributed by atoms with Crippen molar-refractivity contribution in [1.82, 2.24) is 9.88 Å². The molecule has 6 heteroatoms. The summed E-state index contributed by atoms with van der Waals surface area (Å²) in [6.07, 6.45) is 3.05. The minimum Gasteiger partial charge on any atom is -0.507 e. The molecule has 1 amide bonds. The lowest BCUT2D eigenvalue weighted by atomic mass is 9.95. The van der Waals surface area contributed by atoms with Crippen molar-refractivity contribution in [2.45, 2.75) is 12.6 Å². The highest BCUT2D eigenvalue weighted by atomic mass is 16.5. The van der Waals surface area contributed by atoms with Gasteiger partial charge in [0.05, 0.1) is 25.3 Å². The number of Topliss-reactive ketones (excluding diaryl/α,β-unsaturated/α-hetero) is 1. The Balaban J connectivity index is 1.86. The van der Waals surface area contributed by atoms with Crippen LogP contribution in [0, 0.1) is 0 Å². The maximum atomic E-state index is 13.0. The predicted molar refractivity (Wildman–Crippen MR) is 112 cm³/mol. The number of nitrogens with zero attached hydrogens (tertiary/aromatic N) is 2. The summed E-state index contributed by atoms with van der Waals surface area (Å²) in [7, 11) is 1.56. The molecule has 0 aliphatic carbocycles. The Kier molecular flexibility index (Phi) is 5.30. The van der Waals surface area contributed by atoms with Gasteiger partial charge in [-0.1, -0.05) is 48.5 Å². The van der Waals surface area contributed by atoms with Crippen LogP contribution in [0.1, 0.15) is 22.7 Å². The van der Waals surface area contributed by atoms with Crippen LogP contribution in [0.4, 0.5) is 0 Å². The molecule has 1 aliphatic rings. The molecule has 2 aromatic carbocycles. The number of aliphatic hydroxyl groups is 1. The number of hydrogen-bond donors (Lipinski definition) is 1. The highest BCUT2D eigenvalue weighted by Gasteiger charge is 2.46. The van der Waals surface area contributed by atoms with Crippen molar-refractivity contribution in [3.63, 3.8) is 0 Å². The van der Waals surface area contributed by atoms with Gasteiger partial charge in [-0.25, -0.2) is 0 Å². The average Bonchev–Trinajstić information content (AvgIpc) is 3.05. The maximum absolute atomic E-state index is 13.0. The first-order valence-electron chi connectivity index (χ1n) is 9.47. The summed E-state index contributed by atoms with van der Waals surface area (Å²) < 4.78 is 5.41. The van der Waals surface area contributed by atoms with E-state index < -0.39 is 17.7 Å². The molecule has 0 radical (unpaired) electrons. The molecule has 2 heterocycles. The van der Waals surface area contributed by atoms with Crippen LogP contribution in [0.25, 0.3) is 5.76 Å². The lowest BCUT2D eigenvalue weighted by Gasteiger charge is -2.26. The normalized spacial score (nSPS) is 17.9. The molecule has 1 N–H and O–H groups in total. The second kappa shape index (κ2) is 8.21. The van der Waals surface area contributed by atoms with E-state index >= 15 is 0 Å². The number of carbonyl (C=O) groups is 2. The van der Waals surface area contributed by atoms with Crippen LogP contribution in [-0.2, 0) is 16.1 Å². The van der Waals surface area contributed by atoms with Crippen LogP contribution in [0.3, 0.4) is 0 Å². The van der Waals surface area contributed by atoms with E-state index in [1.165, 1.54) is 17.3 Å². The lowest BCUT2D eigenvalue weighted by Crippen LogP contribution is -2.29. The number of likely N-dealkylation sites (tertiary alicyclic amines) is 1. The first-order chi connectivity index (χ1) is 14.6. The minimum absolute atomic E-state index is 0.0623. The zero-order valence-corrected chi connectivity index (χ0v) is 16.4. The number of para-hydroxylation sites is 1. The Hall–Kier alpha value is -3.93. The lowest BCUT2D eigenvalue weighted by molar-refractivity contribution is -0.140. The summed E-state index contributed by atoms with van der Waals surface area (Å²) >= 11 is 0. The number of hydrogen-bond acceptors (Lipinski definition) is 5. The summed E-state index contributed by atoms with van der Waals surface area (Å²) in [5.74, 6) is -0.967. The first kappa shape index (κ1) is 19.4. The predicted octanol–water partition coefficient (Wildman–Crippen LogP) is 3.71. The molecule has 6 nitrogen and oxygen atoms in total. The molecule has 1 saturated heterocycles. The van der Waals surface area contributed by atoms with Crippen molar-refractivity contribution in [3.8, 4) is 5.75 Å². The van der Waals surface area contributed by atoms with E-state index in [0.29, 0.717) is 11.3 Å². The van der Waals surface area contributed by atoms with Gasteiger partial charge in [0.15, 0.2) is 0 Å². The average molecular weight is 400 g/mol. The van der Waals surface area contributed by atoms with Crippen molar-refractivity contribution in [3.05, 3.63) is 101 Å². The van der Waals surface area contributed by atoms with Crippen LogP contribution in [0.5, 0.6) is 5.75 Å². The van der Waals surface area contributed by atoms with E-state index in [0.717, 1.165) is 11.1 Å². The Morgan fingerprint density at radius 2 is 1.67 bits per heavy atom. The minimum atomic E-state index is -0.718. The van der Waals surface area contributed by atoms with Gasteiger partial charge in [-0.3, -0.25) is 14.6 Å². The van der Waals surface area contributed by atoms with Gasteiger partial charge in [-0.15, -0.1) is 0 Å². The molecule has 4 rings (SSSR count). The van der Waals surface area contributed by atoms with Gasteiger partial charge in [-0.05, 0) is 23.8 Å². The Morgan fingerprint density at radius 3 is 2.37 bits per heavy atom. The van der Waals surface area contributed by atoms with Gasteiger partial charge in [0.2, 0.25) is 0 Å². The van der Waals surface area contributed by atoms with Crippen LogP contribution in [0.15, 0.2) is 84.7 Å². The van der Waals surface area contributed by atoms with E-state index in [4.69, 9.17) is 4.74 Å². The summed E-state index contributed by atoms with van der Waals surface area (Å²) in [5.41, 5.74) is 2.00. The standard InChI is InChI=1S/C24H20N2O4/c1-30-19-10-6-5-9-18(19)15-26-21(16-7-3-2-4-8-16)20(23(28)24(26)29)22(27)17-11-13-25-14-12-17/h2-14,21,27H,15H2,1H3/b22-20+. The number of methoxy groups -OCH3 is 1. The Bertz CT molecular complexity index is 1110. The molecule has 1 atom stereocenters. The van der Waals surface area contributed by atoms with Gasteiger partial charge in [-0.2, -0.15) is 0 Å². The van der Waals surface area contributed by atoms with E-state index in [-0.39, 0.29) is 17.9 Å². The van der Waals surface area contributed by atoms with Crippen LogP contribution >= 0.6 is 0 Å². The molecule has 1 aromatic heterocycles. The zero-order valence-electron chi connectivity index (χ0n) is 16.4. The summed E-state index contributed by atoms with van der Waals surface area (Å²) in [6.45, 7) is 0.168. The molecule has 30 heavy (non-hydrogen) atoms. The number of aromatic nitrogens is 1. The third-order valence-corrected chi connectivity index (χ3v) is 5.14. The second-order valence-electron chi connectivity index (χ2n) is 6.89. The highest BCUT2D eigenvalue weighted by molar-refractivity contribution is 6.46. The molecule has 0 bridgehead atoms. The second-order valence-corrected chi connectivity index (χ2v) is 6.89. The van der Waals surface area contributed by atoms with Gasteiger partial charge < -0.3 is 14.7 Å². The monoisotopic (exact) mass is 400 g/mol. The van der Waals surface area contributed by atoms with Crippen LogP contribution in [-0.4, -0.2) is 33.8 Å². The van der Waals surface area contributed by atoms with Crippen molar-refractivity contribution >= 4 is 17.4 Å². The number of benzene rings is 2. The fourth-order valence-electron chi connectivity index (χ4n) is 3.71. The van der Waals surface area contributed by atoms with Crippen molar-refractivity contribution in [2.24, 2.45) is 0 Å².